The molecular formula is C7H16FO2P. The first-order valence-electron chi connectivity index (χ1n) is 3.75. The number of rotatable bonds is 4. The van der Waals surface area contributed by atoms with Crippen molar-refractivity contribution in [1.82, 2.24) is 0 Å². The molecule has 0 saturated carbocycles. The van der Waals surface area contributed by atoms with Gasteiger partial charge in [-0.05, 0) is 20.3 Å². The quantitative estimate of drug-likeness (QED) is 0.623. The van der Waals surface area contributed by atoms with E-state index >= 15 is 0 Å². The van der Waals surface area contributed by atoms with Gasteiger partial charge in [0.2, 0.25) is 0 Å². The van der Waals surface area contributed by atoms with Crippen LogP contribution in [0.25, 0.3) is 0 Å². The van der Waals surface area contributed by atoms with E-state index in [2.05, 4.69) is 0 Å². The molecule has 0 aliphatic carbocycles. The zero-order chi connectivity index (χ0) is 9.12. The Labute approximate surface area is 67.7 Å². The Balaban J connectivity index is 4.02. The summed E-state index contributed by atoms with van der Waals surface area (Å²) in [6.07, 6.45) is 1.61. The molecule has 2 nitrogen and oxygen atoms in total. The molecule has 11 heavy (non-hydrogen) atoms. The van der Waals surface area contributed by atoms with E-state index in [1.54, 1.807) is 13.8 Å². The molecule has 0 bridgehead atoms. The van der Waals surface area contributed by atoms with Crippen LogP contribution < -0.4 is 0 Å². The van der Waals surface area contributed by atoms with Crippen molar-refractivity contribution in [3.63, 3.8) is 0 Å². The highest BCUT2D eigenvalue weighted by Crippen LogP contribution is 2.48. The summed E-state index contributed by atoms with van der Waals surface area (Å²) in [7, 11) is -3.82. The highest BCUT2D eigenvalue weighted by molar-refractivity contribution is 7.52. The van der Waals surface area contributed by atoms with Gasteiger partial charge in [-0.25, -0.2) is 0 Å². The van der Waals surface area contributed by atoms with E-state index in [1.807, 2.05) is 6.92 Å². The molecule has 1 unspecified atom stereocenters. The molecule has 0 amide bonds. The van der Waals surface area contributed by atoms with Gasteiger partial charge in [0.15, 0.2) is 0 Å². The third-order valence-corrected chi connectivity index (χ3v) is 2.08. The summed E-state index contributed by atoms with van der Waals surface area (Å²) in [5.74, 6) is 0. The molecule has 0 fully saturated rings. The van der Waals surface area contributed by atoms with Gasteiger partial charge in [0.25, 0.3) is 0 Å². The molecular weight excluding hydrogens is 166 g/mol. The van der Waals surface area contributed by atoms with Crippen LogP contribution in [0.3, 0.4) is 0 Å². The Morgan fingerprint density at radius 3 is 2.27 bits per heavy atom. The Kier molecular flexibility index (Phi) is 3.72. The molecule has 0 aliphatic heterocycles. The smallest absolute Gasteiger partial charge is 0.300 e. The summed E-state index contributed by atoms with van der Waals surface area (Å²) < 4.78 is 27.9. The third kappa shape index (κ3) is 6.52. The maximum Gasteiger partial charge on any atom is 0.365 e. The van der Waals surface area contributed by atoms with Crippen LogP contribution in [0.15, 0.2) is 0 Å². The Morgan fingerprint density at radius 2 is 2.00 bits per heavy atom. The molecule has 0 aromatic heterocycles. The van der Waals surface area contributed by atoms with Gasteiger partial charge < -0.3 is 0 Å². The SMILES string of the molecule is CCCC(C)(C)OP(C)(=O)F. The first kappa shape index (κ1) is 11.1. The van der Waals surface area contributed by atoms with Gasteiger partial charge in [-0.2, -0.15) is 4.20 Å². The van der Waals surface area contributed by atoms with Crippen molar-refractivity contribution in [3.8, 4) is 0 Å². The highest BCUT2D eigenvalue weighted by Gasteiger charge is 2.26. The van der Waals surface area contributed by atoms with E-state index in [-0.39, 0.29) is 0 Å². The van der Waals surface area contributed by atoms with E-state index < -0.39 is 13.3 Å². The summed E-state index contributed by atoms with van der Waals surface area (Å²) in [4.78, 5) is 0. The first-order chi connectivity index (χ1) is 4.77. The molecule has 68 valence electrons. The number of hydrogen-bond donors (Lipinski definition) is 0. The Hall–Kier alpha value is 0.120. The van der Waals surface area contributed by atoms with Crippen LogP contribution in [0, 0.1) is 0 Å². The first-order valence-corrected chi connectivity index (χ1v) is 5.71. The summed E-state index contributed by atoms with van der Waals surface area (Å²) in [6.45, 7) is 6.45. The molecule has 0 heterocycles. The standard InChI is InChI=1S/C7H16FO2P/c1-5-6-7(2,3)10-11(4,8)9/h5-6H2,1-4H3. The van der Waals surface area contributed by atoms with Gasteiger partial charge in [0.05, 0.1) is 5.60 Å². The van der Waals surface area contributed by atoms with E-state index in [1.165, 1.54) is 0 Å². The molecule has 0 aliphatic rings. The summed E-state index contributed by atoms with van der Waals surface area (Å²) in [5.41, 5.74) is -0.603. The average molecular weight is 182 g/mol. The molecule has 4 heteroatoms. The normalized spacial score (nSPS) is 17.9. The minimum atomic E-state index is -3.82. The van der Waals surface area contributed by atoms with Gasteiger partial charge in [0, 0.05) is 6.66 Å². The number of halogens is 1. The third-order valence-electron chi connectivity index (χ3n) is 1.26. The fourth-order valence-electron chi connectivity index (χ4n) is 1.09. The Bertz CT molecular complexity index is 162. The van der Waals surface area contributed by atoms with E-state index in [4.69, 9.17) is 4.52 Å². The average Bonchev–Trinajstić information content (AvgIpc) is 1.55. The zero-order valence-corrected chi connectivity index (χ0v) is 8.45. The minimum Gasteiger partial charge on any atom is -0.300 e. The molecule has 0 saturated heterocycles. The van der Waals surface area contributed by atoms with Gasteiger partial charge in [-0.15, -0.1) is 0 Å². The van der Waals surface area contributed by atoms with Crippen LogP contribution in [-0.4, -0.2) is 12.3 Å². The van der Waals surface area contributed by atoms with Crippen LogP contribution in [0.5, 0.6) is 0 Å². The summed E-state index contributed by atoms with van der Waals surface area (Å²) >= 11 is 0. The van der Waals surface area contributed by atoms with Crippen molar-refractivity contribution in [3.05, 3.63) is 0 Å². The van der Waals surface area contributed by atoms with Crippen molar-refractivity contribution < 1.29 is 13.3 Å². The fraction of sp³-hybridized carbons (Fsp3) is 1.00. The lowest BCUT2D eigenvalue weighted by Gasteiger charge is -2.24. The van der Waals surface area contributed by atoms with Crippen molar-refractivity contribution in [2.45, 2.75) is 39.2 Å². The van der Waals surface area contributed by atoms with Crippen molar-refractivity contribution in [2.75, 3.05) is 6.66 Å². The highest BCUT2D eigenvalue weighted by atomic mass is 31.2. The van der Waals surface area contributed by atoms with Crippen LogP contribution in [-0.2, 0) is 9.09 Å². The van der Waals surface area contributed by atoms with Gasteiger partial charge >= 0.3 is 7.68 Å². The Morgan fingerprint density at radius 1 is 1.55 bits per heavy atom. The van der Waals surface area contributed by atoms with Crippen LogP contribution in [0.2, 0.25) is 0 Å². The van der Waals surface area contributed by atoms with Gasteiger partial charge in [-0.3, -0.25) is 9.09 Å². The van der Waals surface area contributed by atoms with Crippen molar-refractivity contribution in [2.24, 2.45) is 0 Å². The van der Waals surface area contributed by atoms with Crippen LogP contribution in [0.1, 0.15) is 33.6 Å². The molecule has 0 rings (SSSR count). The lowest BCUT2D eigenvalue weighted by atomic mass is 10.0. The lowest BCUT2D eigenvalue weighted by Crippen LogP contribution is -2.21. The molecule has 0 spiro atoms. The molecule has 0 aromatic rings. The second-order valence-corrected chi connectivity index (χ2v) is 5.02. The number of hydrogen-bond acceptors (Lipinski definition) is 2. The van der Waals surface area contributed by atoms with Crippen molar-refractivity contribution >= 4 is 7.68 Å². The maximum absolute atomic E-state index is 12.5. The monoisotopic (exact) mass is 182 g/mol. The maximum atomic E-state index is 12.5. The second-order valence-electron chi connectivity index (χ2n) is 3.35. The molecule has 0 radical (unpaired) electrons. The second kappa shape index (κ2) is 3.68. The predicted molar refractivity (Wildman–Crippen MR) is 44.7 cm³/mol. The van der Waals surface area contributed by atoms with Gasteiger partial charge in [-0.1, -0.05) is 13.3 Å². The van der Waals surface area contributed by atoms with Crippen LogP contribution >= 0.6 is 7.68 Å². The summed E-state index contributed by atoms with van der Waals surface area (Å²) in [6, 6.07) is 0. The van der Waals surface area contributed by atoms with Crippen molar-refractivity contribution in [1.29, 1.82) is 0 Å². The van der Waals surface area contributed by atoms with E-state index in [0.29, 0.717) is 0 Å². The molecule has 0 N–H and O–H groups in total. The minimum absolute atomic E-state index is 0.603. The zero-order valence-electron chi connectivity index (χ0n) is 7.56. The predicted octanol–water partition coefficient (Wildman–Crippen LogP) is 3.37. The van der Waals surface area contributed by atoms with E-state index in [9.17, 15) is 8.76 Å². The topological polar surface area (TPSA) is 26.3 Å². The molecule has 1 atom stereocenters. The van der Waals surface area contributed by atoms with E-state index in [0.717, 1.165) is 19.5 Å². The summed E-state index contributed by atoms with van der Waals surface area (Å²) in [5, 5.41) is 0. The fourth-order valence-corrected chi connectivity index (χ4v) is 2.06. The van der Waals surface area contributed by atoms with Gasteiger partial charge in [0.1, 0.15) is 0 Å². The van der Waals surface area contributed by atoms with Crippen LogP contribution in [0.4, 0.5) is 4.20 Å². The molecule has 0 aromatic carbocycles. The largest absolute Gasteiger partial charge is 0.365 e. The lowest BCUT2D eigenvalue weighted by molar-refractivity contribution is 0.0935.